The summed E-state index contributed by atoms with van der Waals surface area (Å²) in [6.07, 6.45) is 11.1. The van der Waals surface area contributed by atoms with Crippen LogP contribution in [0, 0.1) is 45.3 Å². The fourth-order valence-corrected chi connectivity index (χ4v) is 11.3. The quantitative estimate of drug-likeness (QED) is 0.530. The van der Waals surface area contributed by atoms with E-state index in [9.17, 15) is 15.0 Å². The summed E-state index contributed by atoms with van der Waals surface area (Å²) < 4.78 is 12.4. The van der Waals surface area contributed by atoms with Crippen molar-refractivity contribution in [3.05, 3.63) is 0 Å². The van der Waals surface area contributed by atoms with Gasteiger partial charge in [0.1, 0.15) is 0 Å². The highest BCUT2D eigenvalue weighted by molar-refractivity contribution is 5.66. The van der Waals surface area contributed by atoms with Gasteiger partial charge in [-0.15, -0.1) is 0 Å². The van der Waals surface area contributed by atoms with Crippen molar-refractivity contribution in [2.24, 2.45) is 45.3 Å². The summed E-state index contributed by atoms with van der Waals surface area (Å²) in [6, 6.07) is 0. The molecule has 1 heterocycles. The first-order valence-corrected chi connectivity index (χ1v) is 14.5. The molecule has 35 heavy (non-hydrogen) atoms. The van der Waals surface area contributed by atoms with Crippen LogP contribution in [0.1, 0.15) is 106 Å². The lowest BCUT2D eigenvalue weighted by atomic mass is 9.46. The molecule has 5 unspecified atom stereocenters. The van der Waals surface area contributed by atoms with Gasteiger partial charge in [-0.2, -0.15) is 0 Å². The zero-order valence-electron chi connectivity index (χ0n) is 22.8. The van der Waals surface area contributed by atoms with E-state index >= 15 is 0 Å². The molecule has 5 aliphatic carbocycles. The Morgan fingerprint density at radius 3 is 2.37 bits per heavy atom. The number of fused-ring (bicyclic) bond motifs is 4. The third-order valence-corrected chi connectivity index (χ3v) is 12.9. The van der Waals surface area contributed by atoms with E-state index in [1.54, 1.807) is 13.8 Å². The van der Waals surface area contributed by atoms with Crippen LogP contribution in [0.2, 0.25) is 0 Å². The van der Waals surface area contributed by atoms with Gasteiger partial charge in [-0.25, -0.2) is 0 Å². The maximum Gasteiger partial charge on any atom is 0.303 e. The minimum absolute atomic E-state index is 0.0380. The molecule has 11 atom stereocenters. The molecule has 0 aromatic carbocycles. The molecule has 6 rings (SSSR count). The van der Waals surface area contributed by atoms with Crippen LogP contribution in [0.15, 0.2) is 0 Å². The summed E-state index contributed by atoms with van der Waals surface area (Å²) in [5.74, 6) is 2.37. The molecule has 2 N–H and O–H groups in total. The molecule has 1 aliphatic heterocycles. The Morgan fingerprint density at radius 1 is 0.971 bits per heavy atom. The van der Waals surface area contributed by atoms with Crippen LogP contribution in [0.4, 0.5) is 0 Å². The van der Waals surface area contributed by atoms with Crippen LogP contribution < -0.4 is 0 Å². The lowest BCUT2D eigenvalue weighted by Gasteiger charge is -2.59. The number of carbonyl (C=O) groups excluding carboxylic acids is 1. The molecule has 0 aromatic heterocycles. The Kier molecular flexibility index (Phi) is 5.27. The van der Waals surface area contributed by atoms with Gasteiger partial charge < -0.3 is 19.7 Å². The first kappa shape index (κ1) is 24.7. The maximum atomic E-state index is 11.8. The van der Waals surface area contributed by atoms with E-state index in [0.717, 1.165) is 31.6 Å². The molecular formula is C30H48O5. The molecule has 0 amide bonds. The average molecular weight is 489 g/mol. The Labute approximate surface area is 211 Å². The van der Waals surface area contributed by atoms with Gasteiger partial charge in [0.15, 0.2) is 6.10 Å². The number of rotatable bonds is 3. The number of aliphatic hydroxyl groups is 2. The van der Waals surface area contributed by atoms with Crippen molar-refractivity contribution in [3.8, 4) is 0 Å². The first-order chi connectivity index (χ1) is 16.3. The highest BCUT2D eigenvalue weighted by Gasteiger charge is 2.80. The van der Waals surface area contributed by atoms with Gasteiger partial charge in [0.05, 0.1) is 23.9 Å². The van der Waals surface area contributed by atoms with Crippen LogP contribution in [0.5, 0.6) is 0 Å². The van der Waals surface area contributed by atoms with Crippen LogP contribution in [0.25, 0.3) is 0 Å². The van der Waals surface area contributed by atoms with Gasteiger partial charge >= 0.3 is 5.97 Å². The lowest BCUT2D eigenvalue weighted by molar-refractivity contribution is -0.200. The molecule has 2 spiro atoms. The summed E-state index contributed by atoms with van der Waals surface area (Å²) in [5, 5.41) is 21.6. The van der Waals surface area contributed by atoms with Crippen molar-refractivity contribution in [1.29, 1.82) is 0 Å². The molecule has 1 saturated heterocycles. The number of hydrogen-bond donors (Lipinski definition) is 2. The number of ether oxygens (including phenoxy) is 2. The summed E-state index contributed by atoms with van der Waals surface area (Å²) in [4.78, 5) is 11.8. The van der Waals surface area contributed by atoms with Crippen LogP contribution in [0.3, 0.4) is 0 Å². The highest BCUT2D eigenvalue weighted by Crippen LogP contribution is 2.87. The van der Waals surface area contributed by atoms with E-state index in [1.807, 2.05) is 0 Å². The molecule has 5 saturated carbocycles. The van der Waals surface area contributed by atoms with Gasteiger partial charge in [0.2, 0.25) is 0 Å². The van der Waals surface area contributed by atoms with Gasteiger partial charge in [-0.05, 0) is 123 Å². The maximum absolute atomic E-state index is 11.8. The molecule has 0 aromatic rings. The monoisotopic (exact) mass is 488 g/mol. The Bertz CT molecular complexity index is 892. The number of esters is 1. The summed E-state index contributed by atoms with van der Waals surface area (Å²) in [6.45, 7) is 12.1. The molecule has 6 aliphatic rings. The molecular weight excluding hydrogens is 440 g/mol. The Hall–Kier alpha value is -0.650. The molecule has 0 bridgehead atoms. The van der Waals surface area contributed by atoms with Gasteiger partial charge in [-0.3, -0.25) is 4.79 Å². The predicted molar refractivity (Wildman–Crippen MR) is 133 cm³/mol. The fourth-order valence-electron chi connectivity index (χ4n) is 11.3. The zero-order chi connectivity index (χ0) is 25.2. The highest BCUT2D eigenvalue weighted by atomic mass is 16.6. The minimum atomic E-state index is -1.13. The Balaban J connectivity index is 1.24. The predicted octanol–water partition coefficient (Wildman–Crippen LogP) is 5.26. The van der Waals surface area contributed by atoms with Crippen LogP contribution >= 0.6 is 0 Å². The molecule has 198 valence electrons. The minimum Gasteiger partial charge on any atom is -0.457 e. The number of aliphatic hydroxyl groups excluding tert-OH is 1. The molecule has 0 radical (unpaired) electrons. The van der Waals surface area contributed by atoms with Crippen molar-refractivity contribution >= 4 is 5.97 Å². The normalized spacial score (nSPS) is 52.7. The molecule has 5 heteroatoms. The van der Waals surface area contributed by atoms with Crippen molar-refractivity contribution in [3.63, 3.8) is 0 Å². The van der Waals surface area contributed by atoms with Gasteiger partial charge in [0.25, 0.3) is 0 Å². The number of carbonyl (C=O) groups is 1. The summed E-state index contributed by atoms with van der Waals surface area (Å²) in [7, 11) is 0. The third-order valence-electron chi connectivity index (χ3n) is 12.9. The standard InChI is InChI=1S/C30H48O5/c1-17(31)34-25(27(4,5)33)21-9-7-19-22(35-21)15-20-18-8-10-23-26(2,3)24(32)11-12-30(23)16-29(18,30)14-13-28(19,20)6/h18-25,32-33H,7-16H2,1-6H3/t18?,19-,20?,21+,22+,23?,24-,25-,28?,29-,30?/m0/s1. The average Bonchev–Trinajstić information content (AvgIpc) is 3.34. The second-order valence-electron chi connectivity index (χ2n) is 15.0. The first-order valence-electron chi connectivity index (χ1n) is 14.5. The van der Waals surface area contributed by atoms with Crippen molar-refractivity contribution in [1.82, 2.24) is 0 Å². The van der Waals surface area contributed by atoms with Gasteiger partial charge in [0, 0.05) is 6.92 Å². The molecule has 6 fully saturated rings. The summed E-state index contributed by atoms with van der Waals surface area (Å²) in [5.41, 5.74) is 0.212. The van der Waals surface area contributed by atoms with E-state index in [-0.39, 0.29) is 29.7 Å². The van der Waals surface area contributed by atoms with E-state index in [4.69, 9.17) is 9.47 Å². The lowest BCUT2D eigenvalue weighted by Crippen LogP contribution is -2.54. The van der Waals surface area contributed by atoms with Gasteiger partial charge in [-0.1, -0.05) is 20.8 Å². The number of hydrogen-bond acceptors (Lipinski definition) is 5. The van der Waals surface area contributed by atoms with Crippen molar-refractivity contribution < 1.29 is 24.5 Å². The zero-order valence-corrected chi connectivity index (χ0v) is 22.8. The van der Waals surface area contributed by atoms with Crippen LogP contribution in [-0.4, -0.2) is 46.2 Å². The van der Waals surface area contributed by atoms with E-state index < -0.39 is 11.7 Å². The van der Waals surface area contributed by atoms with Crippen molar-refractivity contribution in [2.45, 2.75) is 136 Å². The molecule has 5 nitrogen and oxygen atoms in total. The fraction of sp³-hybridized carbons (Fsp3) is 0.967. The van der Waals surface area contributed by atoms with E-state index in [1.165, 1.54) is 45.4 Å². The summed E-state index contributed by atoms with van der Waals surface area (Å²) >= 11 is 0. The largest absolute Gasteiger partial charge is 0.457 e. The SMILES string of the molecule is CC(=O)O[C@@H]([C@H]1CC[C@H]2[C@@H](CC3C4CCC5C(C)(C)[C@@H](O)CCC56C[C@@]46CCC32C)O1)C(C)(C)O. The second-order valence-corrected chi connectivity index (χ2v) is 15.0. The second kappa shape index (κ2) is 7.47. The topological polar surface area (TPSA) is 76.0 Å². The van der Waals surface area contributed by atoms with E-state index in [2.05, 4.69) is 20.8 Å². The van der Waals surface area contributed by atoms with Crippen molar-refractivity contribution in [2.75, 3.05) is 0 Å². The third kappa shape index (κ3) is 3.19. The smallest absolute Gasteiger partial charge is 0.303 e. The Morgan fingerprint density at radius 2 is 1.69 bits per heavy atom. The van der Waals surface area contributed by atoms with Crippen LogP contribution in [-0.2, 0) is 14.3 Å². The van der Waals surface area contributed by atoms with E-state index in [0.29, 0.717) is 34.0 Å².